The Morgan fingerprint density at radius 3 is 2.53 bits per heavy atom. The van der Waals surface area contributed by atoms with Crippen molar-refractivity contribution < 1.29 is 0 Å². The molecule has 0 aromatic heterocycles. The Balaban J connectivity index is 1.77. The maximum atomic E-state index is 4.15. The summed E-state index contributed by atoms with van der Waals surface area (Å²) >= 11 is 0. The van der Waals surface area contributed by atoms with Gasteiger partial charge in [-0.15, -0.1) is 0 Å². The molecule has 0 radical (unpaired) electrons. The van der Waals surface area contributed by atoms with E-state index in [1.807, 2.05) is 0 Å². The molecule has 1 heterocycles. The zero-order valence-electron chi connectivity index (χ0n) is 10.7. The summed E-state index contributed by atoms with van der Waals surface area (Å²) in [7, 11) is 0. The lowest BCUT2D eigenvalue weighted by Gasteiger charge is -2.16. The highest BCUT2D eigenvalue weighted by Gasteiger charge is 2.17. The Bertz CT molecular complexity index is 359. The molecular weight excluding hydrogens is 208 g/mol. The van der Waals surface area contributed by atoms with Gasteiger partial charge in [0.15, 0.2) is 0 Å². The predicted octanol–water partition coefficient (Wildman–Crippen LogP) is 2.56. The van der Waals surface area contributed by atoms with Crippen LogP contribution in [0.25, 0.3) is 0 Å². The van der Waals surface area contributed by atoms with Gasteiger partial charge in [-0.2, -0.15) is 0 Å². The zero-order chi connectivity index (χ0) is 12.1. The fraction of sp³-hybridized carbons (Fsp3) is 0.467. The minimum Gasteiger partial charge on any atom is -0.313 e. The maximum absolute atomic E-state index is 4.15. The van der Waals surface area contributed by atoms with Crippen molar-refractivity contribution >= 4 is 0 Å². The Hall–Kier alpha value is -1.12. The van der Waals surface area contributed by atoms with Crippen molar-refractivity contribution in [1.82, 2.24) is 10.2 Å². The summed E-state index contributed by atoms with van der Waals surface area (Å²) in [6, 6.07) is 8.71. The van der Waals surface area contributed by atoms with Crippen molar-refractivity contribution in [2.45, 2.75) is 26.4 Å². The molecule has 0 saturated carbocycles. The van der Waals surface area contributed by atoms with Gasteiger partial charge in [-0.05, 0) is 29.7 Å². The molecule has 2 nitrogen and oxygen atoms in total. The number of benzene rings is 1. The standard InChI is InChI=1S/C15H22N2/c1-3-8-16-9-13(2)10-17-11-14-6-4-5-7-15(14)12-17/h4-7,16H,2-3,8-12H2,1H3. The number of hydrogen-bond donors (Lipinski definition) is 1. The van der Waals surface area contributed by atoms with Crippen LogP contribution in [0.3, 0.4) is 0 Å². The minimum atomic E-state index is 0.945. The topological polar surface area (TPSA) is 15.3 Å². The van der Waals surface area contributed by atoms with E-state index in [0.717, 1.165) is 32.7 Å². The molecule has 1 aliphatic rings. The van der Waals surface area contributed by atoms with Gasteiger partial charge in [0, 0.05) is 26.2 Å². The molecule has 2 heteroatoms. The monoisotopic (exact) mass is 230 g/mol. The lowest BCUT2D eigenvalue weighted by Crippen LogP contribution is -2.25. The number of hydrogen-bond acceptors (Lipinski definition) is 2. The third-order valence-electron chi connectivity index (χ3n) is 3.16. The first-order valence-corrected chi connectivity index (χ1v) is 6.46. The van der Waals surface area contributed by atoms with Crippen LogP contribution in [0.4, 0.5) is 0 Å². The minimum absolute atomic E-state index is 0.945. The molecule has 0 bridgehead atoms. The van der Waals surface area contributed by atoms with Gasteiger partial charge in [-0.3, -0.25) is 4.90 Å². The normalized spacial score (nSPS) is 14.9. The van der Waals surface area contributed by atoms with Crippen LogP contribution in [0, 0.1) is 0 Å². The molecule has 0 atom stereocenters. The molecular formula is C15H22N2. The van der Waals surface area contributed by atoms with Crippen molar-refractivity contribution in [3.8, 4) is 0 Å². The van der Waals surface area contributed by atoms with Gasteiger partial charge in [-0.1, -0.05) is 37.8 Å². The third kappa shape index (κ3) is 3.42. The summed E-state index contributed by atoms with van der Waals surface area (Å²) in [5, 5.41) is 3.40. The molecule has 0 unspecified atom stereocenters. The van der Waals surface area contributed by atoms with Crippen LogP contribution in [-0.4, -0.2) is 24.5 Å². The summed E-state index contributed by atoms with van der Waals surface area (Å²) in [5.41, 5.74) is 4.23. The lowest BCUT2D eigenvalue weighted by molar-refractivity contribution is 0.307. The quantitative estimate of drug-likeness (QED) is 0.597. The first kappa shape index (κ1) is 12.3. The Morgan fingerprint density at radius 2 is 1.94 bits per heavy atom. The zero-order valence-corrected chi connectivity index (χ0v) is 10.7. The summed E-state index contributed by atoms with van der Waals surface area (Å²) in [4.78, 5) is 2.46. The van der Waals surface area contributed by atoms with E-state index in [9.17, 15) is 0 Å². The Labute approximate surface area is 104 Å². The van der Waals surface area contributed by atoms with Crippen LogP contribution in [0.2, 0.25) is 0 Å². The summed E-state index contributed by atoms with van der Waals surface area (Å²) in [5.74, 6) is 0. The SMILES string of the molecule is C=C(CNCCC)CN1Cc2ccccc2C1. The summed E-state index contributed by atoms with van der Waals surface area (Å²) < 4.78 is 0. The van der Waals surface area contributed by atoms with Crippen LogP contribution in [0.1, 0.15) is 24.5 Å². The van der Waals surface area contributed by atoms with Gasteiger partial charge in [0.1, 0.15) is 0 Å². The second-order valence-electron chi connectivity index (χ2n) is 4.84. The maximum Gasteiger partial charge on any atom is 0.0243 e. The molecule has 0 fully saturated rings. The van der Waals surface area contributed by atoms with Crippen molar-refractivity contribution in [3.63, 3.8) is 0 Å². The van der Waals surface area contributed by atoms with Crippen molar-refractivity contribution in [2.24, 2.45) is 0 Å². The van der Waals surface area contributed by atoms with Crippen LogP contribution < -0.4 is 5.32 Å². The largest absolute Gasteiger partial charge is 0.313 e. The van der Waals surface area contributed by atoms with Crippen molar-refractivity contribution in [1.29, 1.82) is 0 Å². The number of fused-ring (bicyclic) bond motifs is 1. The number of nitrogens with one attached hydrogen (secondary N) is 1. The Morgan fingerprint density at radius 1 is 1.29 bits per heavy atom. The van der Waals surface area contributed by atoms with Gasteiger partial charge in [-0.25, -0.2) is 0 Å². The third-order valence-corrected chi connectivity index (χ3v) is 3.16. The number of nitrogens with zero attached hydrogens (tertiary/aromatic N) is 1. The molecule has 1 aromatic rings. The molecule has 1 N–H and O–H groups in total. The molecule has 2 rings (SSSR count). The van der Waals surface area contributed by atoms with Gasteiger partial charge in [0.2, 0.25) is 0 Å². The second-order valence-corrected chi connectivity index (χ2v) is 4.84. The van der Waals surface area contributed by atoms with Gasteiger partial charge >= 0.3 is 0 Å². The number of rotatable bonds is 6. The molecule has 17 heavy (non-hydrogen) atoms. The van der Waals surface area contributed by atoms with E-state index < -0.39 is 0 Å². The van der Waals surface area contributed by atoms with Gasteiger partial charge in [0.05, 0.1) is 0 Å². The molecule has 92 valence electrons. The fourth-order valence-corrected chi connectivity index (χ4v) is 2.33. The Kier molecular flexibility index (Phi) is 4.35. The van der Waals surface area contributed by atoms with Crippen LogP contribution >= 0.6 is 0 Å². The van der Waals surface area contributed by atoms with E-state index >= 15 is 0 Å². The highest BCUT2D eigenvalue weighted by Crippen LogP contribution is 2.22. The van der Waals surface area contributed by atoms with E-state index in [1.54, 1.807) is 0 Å². The smallest absolute Gasteiger partial charge is 0.0243 e. The van der Waals surface area contributed by atoms with E-state index in [2.05, 4.69) is 48.0 Å². The average Bonchev–Trinajstić information content (AvgIpc) is 2.71. The summed E-state index contributed by atoms with van der Waals surface area (Å²) in [6.07, 6.45) is 1.18. The van der Waals surface area contributed by atoms with Crippen LogP contribution in [0.15, 0.2) is 36.4 Å². The van der Waals surface area contributed by atoms with Crippen LogP contribution in [0.5, 0.6) is 0 Å². The first-order valence-electron chi connectivity index (χ1n) is 6.46. The van der Waals surface area contributed by atoms with Gasteiger partial charge < -0.3 is 5.32 Å². The van der Waals surface area contributed by atoms with Crippen LogP contribution in [-0.2, 0) is 13.1 Å². The average molecular weight is 230 g/mol. The highest BCUT2D eigenvalue weighted by molar-refractivity contribution is 5.30. The lowest BCUT2D eigenvalue weighted by atomic mass is 10.1. The van der Waals surface area contributed by atoms with E-state index in [0.29, 0.717) is 0 Å². The molecule has 0 aliphatic carbocycles. The first-order chi connectivity index (χ1) is 8.29. The molecule has 0 amide bonds. The van der Waals surface area contributed by atoms with E-state index in [1.165, 1.54) is 23.1 Å². The van der Waals surface area contributed by atoms with E-state index in [4.69, 9.17) is 0 Å². The second kappa shape index (κ2) is 5.99. The van der Waals surface area contributed by atoms with Crippen molar-refractivity contribution in [2.75, 3.05) is 19.6 Å². The predicted molar refractivity (Wildman–Crippen MR) is 72.9 cm³/mol. The highest BCUT2D eigenvalue weighted by atomic mass is 15.1. The summed E-state index contributed by atoms with van der Waals surface area (Å²) in [6.45, 7) is 11.5. The van der Waals surface area contributed by atoms with Gasteiger partial charge in [0.25, 0.3) is 0 Å². The molecule has 1 aromatic carbocycles. The van der Waals surface area contributed by atoms with E-state index in [-0.39, 0.29) is 0 Å². The molecule has 1 aliphatic heterocycles. The molecule has 0 saturated heterocycles. The van der Waals surface area contributed by atoms with Crippen molar-refractivity contribution in [3.05, 3.63) is 47.5 Å². The fourth-order valence-electron chi connectivity index (χ4n) is 2.33. The molecule has 0 spiro atoms.